The van der Waals surface area contributed by atoms with Crippen LogP contribution < -0.4 is 15.0 Å². The Bertz CT molecular complexity index is 1350. The number of aryl methyl sites for hydroxylation is 1. The second-order valence-corrected chi connectivity index (χ2v) is 11.0. The number of hydrogen-bond donors (Lipinski definition) is 1. The lowest BCUT2D eigenvalue weighted by Crippen LogP contribution is -2.31. The molecule has 0 radical (unpaired) electrons. The molecule has 1 aromatic heterocycles. The summed E-state index contributed by atoms with van der Waals surface area (Å²) in [5.74, 6) is 0.807. The predicted molar refractivity (Wildman–Crippen MR) is 131 cm³/mol. The Kier molecular flexibility index (Phi) is 5.77. The highest BCUT2D eigenvalue weighted by molar-refractivity contribution is 7.90. The van der Waals surface area contributed by atoms with Gasteiger partial charge in [-0.1, -0.05) is 24.3 Å². The van der Waals surface area contributed by atoms with Crippen LogP contribution in [0, 0.1) is 6.92 Å². The molecule has 1 amide bonds. The molecule has 3 aromatic rings. The van der Waals surface area contributed by atoms with Crippen molar-refractivity contribution in [3.05, 3.63) is 77.0 Å². The number of fused-ring (bicyclic) bond motifs is 1. The fourth-order valence-electron chi connectivity index (χ4n) is 4.19. The van der Waals surface area contributed by atoms with Crippen molar-refractivity contribution in [2.75, 3.05) is 24.3 Å². The Labute approximate surface area is 199 Å². The van der Waals surface area contributed by atoms with Gasteiger partial charge in [-0.25, -0.2) is 13.4 Å². The highest BCUT2D eigenvalue weighted by Gasteiger charge is 2.27. The van der Waals surface area contributed by atoms with Crippen LogP contribution in [0.2, 0.25) is 0 Å². The minimum absolute atomic E-state index is 0.249. The van der Waals surface area contributed by atoms with E-state index in [1.54, 1.807) is 18.2 Å². The van der Waals surface area contributed by atoms with Crippen molar-refractivity contribution in [3.8, 4) is 5.88 Å². The highest BCUT2D eigenvalue weighted by atomic mass is 32.2. The highest BCUT2D eigenvalue weighted by Crippen LogP contribution is 2.43. The first kappa shape index (κ1) is 22.4. The van der Waals surface area contributed by atoms with Gasteiger partial charge in [0.1, 0.15) is 18.0 Å². The van der Waals surface area contributed by atoms with E-state index < -0.39 is 9.84 Å². The number of amides is 1. The molecule has 1 aliphatic carbocycles. The third-order valence-electron chi connectivity index (χ3n) is 6.29. The Morgan fingerprint density at radius 1 is 1.09 bits per heavy atom. The maximum absolute atomic E-state index is 12.7. The molecule has 2 aliphatic rings. The van der Waals surface area contributed by atoms with Gasteiger partial charge in [-0.3, -0.25) is 4.79 Å². The van der Waals surface area contributed by atoms with E-state index in [1.165, 1.54) is 42.4 Å². The first-order valence-corrected chi connectivity index (χ1v) is 13.3. The summed E-state index contributed by atoms with van der Waals surface area (Å²) in [6, 6.07) is 16.7. The van der Waals surface area contributed by atoms with Crippen LogP contribution in [-0.4, -0.2) is 38.7 Å². The van der Waals surface area contributed by atoms with E-state index in [0.29, 0.717) is 18.4 Å². The van der Waals surface area contributed by atoms with E-state index in [-0.39, 0.29) is 23.0 Å². The average Bonchev–Trinajstić information content (AvgIpc) is 3.67. The van der Waals surface area contributed by atoms with Gasteiger partial charge in [0.25, 0.3) is 5.91 Å². The van der Waals surface area contributed by atoms with Crippen molar-refractivity contribution in [2.45, 2.75) is 37.1 Å². The van der Waals surface area contributed by atoms with Gasteiger partial charge in [0.15, 0.2) is 9.84 Å². The Hall–Kier alpha value is -3.39. The Morgan fingerprint density at radius 2 is 1.85 bits per heavy atom. The summed E-state index contributed by atoms with van der Waals surface area (Å²) in [7, 11) is -3.25. The molecule has 1 saturated carbocycles. The normalized spacial score (nSPS) is 15.4. The lowest BCUT2D eigenvalue weighted by molar-refractivity contribution is 0.0944. The number of pyridine rings is 1. The zero-order valence-electron chi connectivity index (χ0n) is 19.2. The van der Waals surface area contributed by atoms with Crippen LogP contribution >= 0.6 is 0 Å². The van der Waals surface area contributed by atoms with Crippen molar-refractivity contribution in [2.24, 2.45) is 0 Å². The lowest BCUT2D eigenvalue weighted by Gasteiger charge is -2.32. The molecular formula is C26H27N3O4S. The van der Waals surface area contributed by atoms with Crippen molar-refractivity contribution >= 4 is 27.1 Å². The molecule has 0 saturated heterocycles. The lowest BCUT2D eigenvalue weighted by atomic mass is 10.0. The van der Waals surface area contributed by atoms with Crippen LogP contribution in [0.25, 0.3) is 0 Å². The Morgan fingerprint density at radius 3 is 2.56 bits per heavy atom. The average molecular weight is 478 g/mol. The SMILES string of the molecule is Cc1ccc(C2CC2)cc1N1CCOc2nc(C(=O)NCc3ccc(S(C)(=O)=O)cc3)ccc21. The largest absolute Gasteiger partial charge is 0.474 e. The van der Waals surface area contributed by atoms with E-state index in [1.807, 2.05) is 6.07 Å². The van der Waals surface area contributed by atoms with Crippen molar-refractivity contribution in [3.63, 3.8) is 0 Å². The quantitative estimate of drug-likeness (QED) is 0.574. The van der Waals surface area contributed by atoms with E-state index in [2.05, 4.69) is 40.3 Å². The molecule has 0 spiro atoms. The van der Waals surface area contributed by atoms with E-state index in [9.17, 15) is 13.2 Å². The van der Waals surface area contributed by atoms with Crippen molar-refractivity contribution in [1.82, 2.24) is 10.3 Å². The number of carbonyl (C=O) groups excluding carboxylic acids is 1. The topological polar surface area (TPSA) is 88.6 Å². The first-order valence-electron chi connectivity index (χ1n) is 11.4. The van der Waals surface area contributed by atoms with Gasteiger partial charge in [-0.2, -0.15) is 0 Å². The summed E-state index contributed by atoms with van der Waals surface area (Å²) in [6.45, 7) is 3.59. The fourth-order valence-corrected chi connectivity index (χ4v) is 4.82. The van der Waals surface area contributed by atoms with Crippen LogP contribution in [0.15, 0.2) is 59.5 Å². The molecule has 34 heavy (non-hydrogen) atoms. The Balaban J connectivity index is 1.32. The van der Waals surface area contributed by atoms with Crippen LogP contribution in [-0.2, 0) is 16.4 Å². The van der Waals surface area contributed by atoms with Crippen LogP contribution in [0.4, 0.5) is 11.4 Å². The molecule has 176 valence electrons. The summed E-state index contributed by atoms with van der Waals surface area (Å²) >= 11 is 0. The molecular weight excluding hydrogens is 450 g/mol. The number of nitrogens with zero attached hydrogens (tertiary/aromatic N) is 2. The number of hydrogen-bond acceptors (Lipinski definition) is 6. The van der Waals surface area contributed by atoms with Crippen LogP contribution in [0.1, 0.15) is 45.9 Å². The molecule has 8 heteroatoms. The predicted octanol–water partition coefficient (Wildman–Crippen LogP) is 4.13. The molecule has 1 fully saturated rings. The molecule has 5 rings (SSSR count). The standard InChI is InChI=1S/C26H27N3O4S/c1-17-3-6-20(19-7-8-19)15-24(17)29-13-14-33-26-23(29)12-11-22(28-26)25(30)27-16-18-4-9-21(10-5-18)34(2,31)32/h3-6,9-12,15,19H,7-8,13-14,16H2,1-2H3,(H,27,30). The monoisotopic (exact) mass is 477 g/mol. The van der Waals surface area contributed by atoms with Gasteiger partial charge in [-0.15, -0.1) is 0 Å². The summed E-state index contributed by atoms with van der Waals surface area (Å²) in [4.78, 5) is 19.7. The second-order valence-electron chi connectivity index (χ2n) is 8.94. The van der Waals surface area contributed by atoms with Gasteiger partial charge >= 0.3 is 0 Å². The molecule has 2 heterocycles. The van der Waals surface area contributed by atoms with Crippen LogP contribution in [0.5, 0.6) is 5.88 Å². The molecule has 0 atom stereocenters. The first-order chi connectivity index (χ1) is 16.3. The molecule has 2 aromatic carbocycles. The van der Waals surface area contributed by atoms with E-state index in [4.69, 9.17) is 4.74 Å². The smallest absolute Gasteiger partial charge is 0.270 e. The summed E-state index contributed by atoms with van der Waals surface area (Å²) in [5, 5.41) is 2.84. The zero-order valence-corrected chi connectivity index (χ0v) is 20.1. The minimum Gasteiger partial charge on any atom is -0.474 e. The number of benzene rings is 2. The minimum atomic E-state index is -3.25. The van der Waals surface area contributed by atoms with Gasteiger partial charge in [-0.05, 0) is 72.7 Å². The number of anilines is 2. The molecule has 0 unspecified atom stereocenters. The maximum Gasteiger partial charge on any atom is 0.270 e. The van der Waals surface area contributed by atoms with Crippen LogP contribution in [0.3, 0.4) is 0 Å². The molecule has 7 nitrogen and oxygen atoms in total. The number of carbonyl (C=O) groups is 1. The molecule has 0 bridgehead atoms. The summed E-state index contributed by atoms with van der Waals surface area (Å²) in [6.07, 6.45) is 3.67. The van der Waals surface area contributed by atoms with Crippen molar-refractivity contribution in [1.29, 1.82) is 0 Å². The second kappa shape index (κ2) is 8.76. The van der Waals surface area contributed by atoms with Gasteiger partial charge in [0, 0.05) is 18.5 Å². The third kappa shape index (κ3) is 4.63. The summed E-state index contributed by atoms with van der Waals surface area (Å²) in [5.41, 5.74) is 5.66. The third-order valence-corrected chi connectivity index (χ3v) is 7.42. The maximum atomic E-state index is 12.7. The number of nitrogens with one attached hydrogen (secondary N) is 1. The number of aromatic nitrogens is 1. The summed E-state index contributed by atoms with van der Waals surface area (Å²) < 4.78 is 29.0. The van der Waals surface area contributed by atoms with Gasteiger partial charge < -0.3 is 15.0 Å². The number of rotatable bonds is 6. The molecule has 1 aliphatic heterocycles. The molecule has 1 N–H and O–H groups in total. The zero-order chi connectivity index (χ0) is 23.9. The van der Waals surface area contributed by atoms with Gasteiger partial charge in [0.2, 0.25) is 5.88 Å². The number of sulfone groups is 1. The van der Waals surface area contributed by atoms with E-state index >= 15 is 0 Å². The van der Waals surface area contributed by atoms with Gasteiger partial charge in [0.05, 0.1) is 11.4 Å². The number of ether oxygens (including phenoxy) is 1. The van der Waals surface area contributed by atoms with Crippen molar-refractivity contribution < 1.29 is 17.9 Å². The fraction of sp³-hybridized carbons (Fsp3) is 0.308. The van der Waals surface area contributed by atoms with E-state index in [0.717, 1.165) is 23.5 Å².